The summed E-state index contributed by atoms with van der Waals surface area (Å²) in [6.45, 7) is 3.44. The Bertz CT molecular complexity index is 481. The second-order valence-electron chi connectivity index (χ2n) is 4.76. The molecule has 0 aliphatic carbocycles. The van der Waals surface area contributed by atoms with Crippen LogP contribution in [0.25, 0.3) is 0 Å². The van der Waals surface area contributed by atoms with Gasteiger partial charge in [-0.05, 0) is 23.8 Å². The summed E-state index contributed by atoms with van der Waals surface area (Å²) in [7, 11) is 1.37. The van der Waals surface area contributed by atoms with Crippen molar-refractivity contribution in [2.45, 2.75) is 12.6 Å². The van der Waals surface area contributed by atoms with Gasteiger partial charge in [0.15, 0.2) is 0 Å². The van der Waals surface area contributed by atoms with Crippen LogP contribution >= 0.6 is 11.6 Å². The van der Waals surface area contributed by atoms with Gasteiger partial charge in [-0.2, -0.15) is 0 Å². The Kier molecular flexibility index (Phi) is 5.37. The maximum absolute atomic E-state index is 11.6. The summed E-state index contributed by atoms with van der Waals surface area (Å²) >= 11 is 6.20. The van der Waals surface area contributed by atoms with Crippen LogP contribution in [-0.2, 0) is 16.0 Å². The van der Waals surface area contributed by atoms with Crippen molar-refractivity contribution in [3.63, 3.8) is 0 Å². The molecule has 0 amide bonds. The summed E-state index contributed by atoms with van der Waals surface area (Å²) < 4.78 is 10.3. The molecule has 20 heavy (non-hydrogen) atoms. The lowest BCUT2D eigenvalue weighted by atomic mass is 10.1. The Morgan fingerprint density at radius 1 is 1.60 bits per heavy atom. The second-order valence-corrected chi connectivity index (χ2v) is 5.17. The van der Waals surface area contributed by atoms with Gasteiger partial charge in [-0.1, -0.05) is 11.6 Å². The standard InChI is InChI=1S/C14H19ClN2O3/c1-19-14(18)10-2-3-13(15)11(6-10)8-17-4-5-20-12(7-16)9-17/h2-3,6,12H,4-5,7-9,16H2,1H3. The van der Waals surface area contributed by atoms with E-state index in [9.17, 15) is 4.79 Å². The van der Waals surface area contributed by atoms with Crippen LogP contribution in [0.2, 0.25) is 5.02 Å². The van der Waals surface area contributed by atoms with Crippen LogP contribution in [0.3, 0.4) is 0 Å². The summed E-state index contributed by atoms with van der Waals surface area (Å²) in [6, 6.07) is 5.17. The minimum atomic E-state index is -0.357. The minimum Gasteiger partial charge on any atom is -0.465 e. The third kappa shape index (κ3) is 3.70. The van der Waals surface area contributed by atoms with E-state index in [2.05, 4.69) is 4.90 Å². The Labute approximate surface area is 123 Å². The van der Waals surface area contributed by atoms with E-state index in [1.807, 2.05) is 0 Å². The van der Waals surface area contributed by atoms with Gasteiger partial charge in [0.25, 0.3) is 0 Å². The largest absolute Gasteiger partial charge is 0.465 e. The minimum absolute atomic E-state index is 0.0614. The number of nitrogens with zero attached hydrogens (tertiary/aromatic N) is 1. The van der Waals surface area contributed by atoms with Gasteiger partial charge in [0.05, 0.1) is 25.4 Å². The first-order valence-electron chi connectivity index (χ1n) is 6.54. The van der Waals surface area contributed by atoms with E-state index in [4.69, 9.17) is 26.8 Å². The molecule has 1 fully saturated rings. The fourth-order valence-corrected chi connectivity index (χ4v) is 2.43. The molecule has 1 aliphatic rings. The van der Waals surface area contributed by atoms with E-state index in [0.29, 0.717) is 30.3 Å². The van der Waals surface area contributed by atoms with Crippen molar-refractivity contribution in [3.05, 3.63) is 34.3 Å². The number of halogens is 1. The number of nitrogens with two attached hydrogens (primary N) is 1. The first-order valence-corrected chi connectivity index (χ1v) is 6.92. The maximum Gasteiger partial charge on any atom is 0.337 e. The molecule has 0 saturated carbocycles. The number of esters is 1. The number of carbonyl (C=O) groups is 1. The van der Waals surface area contributed by atoms with E-state index < -0.39 is 0 Å². The van der Waals surface area contributed by atoms with Crippen molar-refractivity contribution < 1.29 is 14.3 Å². The number of ether oxygens (including phenoxy) is 2. The molecule has 110 valence electrons. The average molecular weight is 299 g/mol. The number of benzene rings is 1. The highest BCUT2D eigenvalue weighted by atomic mass is 35.5. The van der Waals surface area contributed by atoms with Crippen LogP contribution in [0.15, 0.2) is 18.2 Å². The molecular formula is C14H19ClN2O3. The monoisotopic (exact) mass is 298 g/mol. The molecule has 0 radical (unpaired) electrons. The van der Waals surface area contributed by atoms with Gasteiger partial charge in [-0.15, -0.1) is 0 Å². The molecule has 1 aliphatic heterocycles. The summed E-state index contributed by atoms with van der Waals surface area (Å²) in [4.78, 5) is 13.8. The van der Waals surface area contributed by atoms with E-state index in [0.717, 1.165) is 18.7 Å². The molecule has 0 aromatic heterocycles. The van der Waals surface area contributed by atoms with Gasteiger partial charge < -0.3 is 15.2 Å². The molecular weight excluding hydrogens is 280 g/mol. The summed E-state index contributed by atoms with van der Waals surface area (Å²) in [5.41, 5.74) is 7.05. The van der Waals surface area contributed by atoms with Crippen LogP contribution in [0.4, 0.5) is 0 Å². The fourth-order valence-electron chi connectivity index (χ4n) is 2.25. The van der Waals surface area contributed by atoms with Crippen molar-refractivity contribution in [2.75, 3.05) is 33.4 Å². The molecule has 1 saturated heterocycles. The number of morpholine rings is 1. The third-order valence-corrected chi connectivity index (χ3v) is 3.72. The first-order chi connectivity index (χ1) is 9.63. The molecule has 1 heterocycles. The highest BCUT2D eigenvalue weighted by molar-refractivity contribution is 6.31. The highest BCUT2D eigenvalue weighted by Gasteiger charge is 2.20. The molecule has 1 aromatic rings. The lowest BCUT2D eigenvalue weighted by Crippen LogP contribution is -2.45. The van der Waals surface area contributed by atoms with E-state index in [-0.39, 0.29) is 12.1 Å². The van der Waals surface area contributed by atoms with Gasteiger partial charge in [0.2, 0.25) is 0 Å². The van der Waals surface area contributed by atoms with Gasteiger partial charge in [0.1, 0.15) is 0 Å². The summed E-state index contributed by atoms with van der Waals surface area (Å²) in [6.07, 6.45) is 0.0614. The lowest BCUT2D eigenvalue weighted by Gasteiger charge is -2.32. The number of methoxy groups -OCH3 is 1. The normalized spacial score (nSPS) is 19.9. The molecule has 6 heteroatoms. The van der Waals surface area contributed by atoms with E-state index in [1.165, 1.54) is 7.11 Å². The Balaban J connectivity index is 2.10. The average Bonchev–Trinajstić information content (AvgIpc) is 2.49. The number of rotatable bonds is 4. The Morgan fingerprint density at radius 2 is 2.40 bits per heavy atom. The van der Waals surface area contributed by atoms with Gasteiger partial charge in [-0.3, -0.25) is 4.90 Å². The molecule has 1 aromatic carbocycles. The third-order valence-electron chi connectivity index (χ3n) is 3.35. The lowest BCUT2D eigenvalue weighted by molar-refractivity contribution is -0.0260. The predicted octanol–water partition coefficient (Wildman–Crippen LogP) is 1.29. The van der Waals surface area contributed by atoms with Crippen molar-refractivity contribution in [1.82, 2.24) is 4.90 Å². The van der Waals surface area contributed by atoms with Crippen molar-refractivity contribution in [1.29, 1.82) is 0 Å². The van der Waals surface area contributed by atoms with Gasteiger partial charge >= 0.3 is 5.97 Å². The van der Waals surface area contributed by atoms with Crippen LogP contribution in [0.1, 0.15) is 15.9 Å². The molecule has 2 rings (SSSR count). The highest BCUT2D eigenvalue weighted by Crippen LogP contribution is 2.21. The van der Waals surface area contributed by atoms with Gasteiger partial charge in [-0.25, -0.2) is 4.79 Å². The van der Waals surface area contributed by atoms with Crippen LogP contribution in [0.5, 0.6) is 0 Å². The molecule has 0 spiro atoms. The smallest absolute Gasteiger partial charge is 0.337 e. The van der Waals surface area contributed by atoms with Crippen molar-refractivity contribution in [3.8, 4) is 0 Å². The number of hydrogen-bond donors (Lipinski definition) is 1. The van der Waals surface area contributed by atoms with Crippen LogP contribution in [-0.4, -0.2) is 50.3 Å². The Hall–Kier alpha value is -1.14. The zero-order valence-corrected chi connectivity index (χ0v) is 12.2. The molecule has 1 unspecified atom stereocenters. The fraction of sp³-hybridized carbons (Fsp3) is 0.500. The first kappa shape index (κ1) is 15.3. The molecule has 1 atom stereocenters. The zero-order valence-electron chi connectivity index (χ0n) is 11.5. The Morgan fingerprint density at radius 3 is 3.10 bits per heavy atom. The number of carbonyl (C=O) groups excluding carboxylic acids is 1. The zero-order chi connectivity index (χ0) is 14.5. The topological polar surface area (TPSA) is 64.8 Å². The molecule has 2 N–H and O–H groups in total. The SMILES string of the molecule is COC(=O)c1ccc(Cl)c(CN2CCOC(CN)C2)c1. The number of hydrogen-bond acceptors (Lipinski definition) is 5. The molecule has 0 bridgehead atoms. The van der Waals surface area contributed by atoms with Crippen molar-refractivity contribution in [2.24, 2.45) is 5.73 Å². The quantitative estimate of drug-likeness (QED) is 0.849. The predicted molar refractivity (Wildman–Crippen MR) is 76.9 cm³/mol. The van der Waals surface area contributed by atoms with E-state index in [1.54, 1.807) is 18.2 Å². The van der Waals surface area contributed by atoms with Crippen molar-refractivity contribution >= 4 is 17.6 Å². The van der Waals surface area contributed by atoms with E-state index >= 15 is 0 Å². The second kappa shape index (κ2) is 7.04. The van der Waals surface area contributed by atoms with Gasteiger partial charge in [0, 0.05) is 31.2 Å². The molecule has 5 nitrogen and oxygen atoms in total. The van der Waals surface area contributed by atoms with Crippen LogP contribution < -0.4 is 5.73 Å². The van der Waals surface area contributed by atoms with Crippen LogP contribution in [0, 0.1) is 0 Å². The summed E-state index contributed by atoms with van der Waals surface area (Å²) in [5, 5.41) is 0.647. The maximum atomic E-state index is 11.6. The summed E-state index contributed by atoms with van der Waals surface area (Å²) in [5.74, 6) is -0.357.